The molecule has 3 rings (SSSR count). The highest BCUT2D eigenvalue weighted by atomic mass is 16.4. The van der Waals surface area contributed by atoms with E-state index in [4.69, 9.17) is 0 Å². The minimum atomic E-state index is -1.08. The predicted molar refractivity (Wildman–Crippen MR) is 95.3 cm³/mol. The van der Waals surface area contributed by atoms with Crippen LogP contribution in [-0.4, -0.2) is 26.4 Å². The number of nitrogens with zero attached hydrogens (tertiary/aromatic N) is 2. The van der Waals surface area contributed by atoms with E-state index >= 15 is 0 Å². The van der Waals surface area contributed by atoms with Gasteiger partial charge in [-0.15, -0.1) is 0 Å². The summed E-state index contributed by atoms with van der Waals surface area (Å²) in [6, 6.07) is 10.2. The normalized spacial score (nSPS) is 10.8. The number of carboxylic acid groups (broad SMARTS) is 1. The molecule has 0 atom stereocenters. The highest BCUT2D eigenvalue weighted by Gasteiger charge is 2.21. The summed E-state index contributed by atoms with van der Waals surface area (Å²) >= 11 is 0. The van der Waals surface area contributed by atoms with Crippen molar-refractivity contribution in [2.24, 2.45) is 0 Å². The number of hydrogen-bond acceptors (Lipinski definition) is 3. The molecule has 0 bridgehead atoms. The molecular formula is C19H19N3O3. The summed E-state index contributed by atoms with van der Waals surface area (Å²) < 4.78 is 1.76. The van der Waals surface area contributed by atoms with E-state index < -0.39 is 5.97 Å². The maximum atomic E-state index is 12.9. The van der Waals surface area contributed by atoms with Crippen LogP contribution in [0.5, 0.6) is 0 Å². The van der Waals surface area contributed by atoms with Crippen molar-refractivity contribution in [2.75, 3.05) is 5.32 Å². The third-order valence-corrected chi connectivity index (χ3v) is 4.02. The van der Waals surface area contributed by atoms with Gasteiger partial charge in [0.15, 0.2) is 0 Å². The van der Waals surface area contributed by atoms with Gasteiger partial charge in [-0.1, -0.05) is 31.5 Å². The molecule has 0 aliphatic rings. The number of aromatic nitrogens is 2. The van der Waals surface area contributed by atoms with Crippen molar-refractivity contribution >= 4 is 23.2 Å². The van der Waals surface area contributed by atoms with Gasteiger partial charge in [0.2, 0.25) is 0 Å². The minimum Gasteiger partial charge on any atom is -0.478 e. The summed E-state index contributed by atoms with van der Waals surface area (Å²) in [7, 11) is 0. The Morgan fingerprint density at radius 1 is 1.20 bits per heavy atom. The molecule has 6 heteroatoms. The second-order valence-electron chi connectivity index (χ2n) is 5.85. The molecule has 128 valence electrons. The maximum Gasteiger partial charge on any atom is 0.337 e. The van der Waals surface area contributed by atoms with Gasteiger partial charge < -0.3 is 10.4 Å². The summed E-state index contributed by atoms with van der Waals surface area (Å²) in [4.78, 5) is 28.9. The first-order valence-corrected chi connectivity index (χ1v) is 8.13. The minimum absolute atomic E-state index is 0.0536. The molecule has 1 aromatic carbocycles. The van der Waals surface area contributed by atoms with Gasteiger partial charge in [0.05, 0.1) is 16.9 Å². The van der Waals surface area contributed by atoms with Crippen molar-refractivity contribution in [3.63, 3.8) is 0 Å². The molecule has 0 unspecified atom stereocenters. The van der Waals surface area contributed by atoms with E-state index in [1.54, 1.807) is 28.8 Å². The largest absolute Gasteiger partial charge is 0.478 e. The number of benzene rings is 1. The number of fused-ring (bicyclic) bond motifs is 1. The number of carboxylic acids is 1. The Hall–Kier alpha value is -3.15. The third-order valence-electron chi connectivity index (χ3n) is 4.02. The van der Waals surface area contributed by atoms with Gasteiger partial charge in [-0.2, -0.15) is 0 Å². The molecule has 0 spiro atoms. The quantitative estimate of drug-likeness (QED) is 0.746. The van der Waals surface area contributed by atoms with E-state index in [9.17, 15) is 14.7 Å². The van der Waals surface area contributed by atoms with Crippen LogP contribution < -0.4 is 5.32 Å². The van der Waals surface area contributed by atoms with Crippen LogP contribution in [0.4, 0.5) is 5.69 Å². The Labute approximate surface area is 145 Å². The molecule has 0 radical (unpaired) electrons. The topological polar surface area (TPSA) is 83.7 Å². The fourth-order valence-corrected chi connectivity index (χ4v) is 2.86. The lowest BCUT2D eigenvalue weighted by Crippen LogP contribution is -2.18. The molecule has 0 fully saturated rings. The molecule has 0 aliphatic heterocycles. The van der Waals surface area contributed by atoms with Gasteiger partial charge in [0.1, 0.15) is 11.3 Å². The lowest BCUT2D eigenvalue weighted by molar-refractivity contribution is 0.0698. The van der Waals surface area contributed by atoms with Crippen LogP contribution in [0.25, 0.3) is 5.65 Å². The van der Waals surface area contributed by atoms with Crippen molar-refractivity contribution in [2.45, 2.75) is 26.7 Å². The molecule has 2 aromatic heterocycles. The molecule has 2 N–H and O–H groups in total. The Balaban J connectivity index is 2.07. The maximum absolute atomic E-state index is 12.9. The van der Waals surface area contributed by atoms with Gasteiger partial charge in [-0.3, -0.25) is 9.20 Å². The van der Waals surface area contributed by atoms with Gasteiger partial charge in [0.25, 0.3) is 5.91 Å². The summed E-state index contributed by atoms with van der Waals surface area (Å²) in [5.74, 6) is -1.45. The fourth-order valence-electron chi connectivity index (χ4n) is 2.86. The number of aromatic carboxylic acids is 1. The number of nitrogens with one attached hydrogen (secondary N) is 1. The number of imidazole rings is 1. The second-order valence-corrected chi connectivity index (χ2v) is 5.85. The highest BCUT2D eigenvalue weighted by molar-refractivity contribution is 6.07. The monoisotopic (exact) mass is 337 g/mol. The van der Waals surface area contributed by atoms with Crippen LogP contribution >= 0.6 is 0 Å². The van der Waals surface area contributed by atoms with E-state index in [0.717, 1.165) is 17.6 Å². The van der Waals surface area contributed by atoms with Crippen molar-refractivity contribution in [1.29, 1.82) is 0 Å². The number of amides is 1. The number of rotatable bonds is 5. The highest BCUT2D eigenvalue weighted by Crippen LogP contribution is 2.21. The van der Waals surface area contributed by atoms with E-state index in [1.807, 2.05) is 26.0 Å². The Morgan fingerprint density at radius 2 is 1.96 bits per heavy atom. The number of anilines is 1. The fraction of sp³-hybridized carbons (Fsp3) is 0.211. The molecular weight excluding hydrogens is 318 g/mol. The molecule has 3 aromatic rings. The first-order valence-electron chi connectivity index (χ1n) is 8.13. The van der Waals surface area contributed by atoms with Gasteiger partial charge in [-0.25, -0.2) is 9.78 Å². The first-order chi connectivity index (χ1) is 12.0. The third kappa shape index (κ3) is 3.10. The van der Waals surface area contributed by atoms with E-state index in [2.05, 4.69) is 10.3 Å². The lowest BCUT2D eigenvalue weighted by Gasteiger charge is -2.09. The van der Waals surface area contributed by atoms with Crippen LogP contribution in [0, 0.1) is 6.92 Å². The summed E-state index contributed by atoms with van der Waals surface area (Å²) in [5.41, 5.74) is 3.19. The molecule has 25 heavy (non-hydrogen) atoms. The van der Waals surface area contributed by atoms with Crippen molar-refractivity contribution in [1.82, 2.24) is 9.38 Å². The molecule has 0 aliphatic carbocycles. The van der Waals surface area contributed by atoms with Crippen molar-refractivity contribution < 1.29 is 14.7 Å². The van der Waals surface area contributed by atoms with Crippen molar-refractivity contribution in [3.8, 4) is 0 Å². The summed E-state index contributed by atoms with van der Waals surface area (Å²) in [6.45, 7) is 3.97. The number of para-hydroxylation sites is 1. The number of pyridine rings is 1. The van der Waals surface area contributed by atoms with Crippen LogP contribution in [0.15, 0.2) is 42.6 Å². The number of aryl methyl sites for hydroxylation is 2. The van der Waals surface area contributed by atoms with E-state index in [-0.39, 0.29) is 17.2 Å². The van der Waals surface area contributed by atoms with Gasteiger partial charge in [-0.05, 0) is 37.1 Å². The SMILES string of the molecule is CCCc1nc2c(C)cccn2c1C(=O)Nc1ccccc1C(=O)O. The smallest absolute Gasteiger partial charge is 0.337 e. The number of hydrogen-bond donors (Lipinski definition) is 2. The average Bonchev–Trinajstić information content (AvgIpc) is 2.95. The summed E-state index contributed by atoms with van der Waals surface area (Å²) in [5, 5.41) is 12.0. The lowest BCUT2D eigenvalue weighted by atomic mass is 10.1. The number of carbonyl (C=O) groups excluding carboxylic acids is 1. The second kappa shape index (κ2) is 6.76. The number of carbonyl (C=O) groups is 2. The molecule has 0 saturated carbocycles. The van der Waals surface area contributed by atoms with E-state index in [0.29, 0.717) is 17.8 Å². The van der Waals surface area contributed by atoms with Crippen LogP contribution in [0.3, 0.4) is 0 Å². The zero-order chi connectivity index (χ0) is 18.0. The Bertz CT molecular complexity index is 960. The standard InChI is InChI=1S/C19H19N3O3/c1-3-7-15-16(22-11-6-8-12(2)17(22)20-15)18(23)21-14-10-5-4-9-13(14)19(24)25/h4-6,8-11H,3,7H2,1-2H3,(H,21,23)(H,24,25). The van der Waals surface area contributed by atoms with Gasteiger partial charge >= 0.3 is 5.97 Å². The predicted octanol–water partition coefficient (Wildman–Crippen LogP) is 3.55. The average molecular weight is 337 g/mol. The molecule has 2 heterocycles. The Morgan fingerprint density at radius 3 is 2.68 bits per heavy atom. The first kappa shape index (κ1) is 16.7. The Kier molecular flexibility index (Phi) is 4.52. The zero-order valence-electron chi connectivity index (χ0n) is 14.1. The zero-order valence-corrected chi connectivity index (χ0v) is 14.1. The molecule has 0 saturated heterocycles. The molecule has 6 nitrogen and oxygen atoms in total. The van der Waals surface area contributed by atoms with Crippen LogP contribution in [0.1, 0.15) is 45.4 Å². The van der Waals surface area contributed by atoms with Crippen LogP contribution in [-0.2, 0) is 6.42 Å². The van der Waals surface area contributed by atoms with Crippen molar-refractivity contribution in [3.05, 3.63) is 65.1 Å². The van der Waals surface area contributed by atoms with E-state index in [1.165, 1.54) is 6.07 Å². The van der Waals surface area contributed by atoms with Gasteiger partial charge in [0, 0.05) is 6.20 Å². The van der Waals surface area contributed by atoms with Crippen LogP contribution in [0.2, 0.25) is 0 Å². The molecule has 1 amide bonds. The summed E-state index contributed by atoms with van der Waals surface area (Å²) in [6.07, 6.45) is 3.33.